The molecule has 0 saturated heterocycles. The molecule has 2 rings (SSSR count). The lowest BCUT2D eigenvalue weighted by Crippen LogP contribution is -2.15. The Morgan fingerprint density at radius 3 is 2.38 bits per heavy atom. The van der Waals surface area contributed by atoms with E-state index in [-0.39, 0.29) is 5.92 Å². The van der Waals surface area contributed by atoms with Crippen LogP contribution in [0, 0.1) is 11.8 Å². The van der Waals surface area contributed by atoms with Gasteiger partial charge in [-0.1, -0.05) is 54.6 Å². The molecule has 0 aliphatic carbocycles. The van der Waals surface area contributed by atoms with E-state index in [2.05, 4.69) is 23.7 Å². The molecule has 0 saturated carbocycles. The summed E-state index contributed by atoms with van der Waals surface area (Å²) in [5, 5.41) is 12.0. The van der Waals surface area contributed by atoms with Crippen molar-refractivity contribution in [1.82, 2.24) is 4.98 Å². The first-order valence-electron chi connectivity index (χ1n) is 9.83. The van der Waals surface area contributed by atoms with Gasteiger partial charge in [0.25, 0.3) is 0 Å². The summed E-state index contributed by atoms with van der Waals surface area (Å²) in [6, 6.07) is 9.10. The normalized spacial score (nSPS) is 13.1. The summed E-state index contributed by atoms with van der Waals surface area (Å²) >= 11 is 12.5. The highest BCUT2D eigenvalue weighted by Crippen LogP contribution is 2.37. The van der Waals surface area contributed by atoms with E-state index in [1.807, 2.05) is 32.0 Å². The van der Waals surface area contributed by atoms with Crippen LogP contribution in [0.1, 0.15) is 62.5 Å². The van der Waals surface area contributed by atoms with Crippen LogP contribution < -0.4 is 0 Å². The van der Waals surface area contributed by atoms with Gasteiger partial charge in [0.2, 0.25) is 6.29 Å². The van der Waals surface area contributed by atoms with Gasteiger partial charge in [-0.25, -0.2) is 0 Å². The minimum atomic E-state index is -1.02. The van der Waals surface area contributed by atoms with Crippen LogP contribution in [0.3, 0.4) is 0 Å². The Morgan fingerprint density at radius 1 is 1.03 bits per heavy atom. The van der Waals surface area contributed by atoms with E-state index < -0.39 is 12.4 Å². The van der Waals surface area contributed by atoms with E-state index in [0.29, 0.717) is 28.8 Å². The van der Waals surface area contributed by atoms with Crippen molar-refractivity contribution in [2.24, 2.45) is 0 Å². The van der Waals surface area contributed by atoms with E-state index in [1.165, 1.54) is 0 Å². The topological polar surface area (TPSA) is 51.6 Å². The zero-order chi connectivity index (χ0) is 21.2. The standard InChI is InChI=1S/C23H27Cl2NO3/c1-4-8-18(17-11-10-16(24)15-20(17)25)23-19(9-7-14-26-23)21(27)12-13-22(28-5-2)29-6-3/h7,9-11,14-15,18,21-22,27H,4-6,8H2,1-3H3. The first-order valence-corrected chi connectivity index (χ1v) is 10.6. The number of ether oxygens (including phenoxy) is 2. The summed E-state index contributed by atoms with van der Waals surface area (Å²) in [4.78, 5) is 4.58. The third kappa shape index (κ3) is 6.70. The smallest absolute Gasteiger partial charge is 0.222 e. The van der Waals surface area contributed by atoms with Crippen LogP contribution >= 0.6 is 23.2 Å². The molecule has 2 unspecified atom stereocenters. The van der Waals surface area contributed by atoms with Crippen LogP contribution in [0.5, 0.6) is 0 Å². The van der Waals surface area contributed by atoms with Crippen LogP contribution in [-0.4, -0.2) is 29.6 Å². The lowest BCUT2D eigenvalue weighted by atomic mass is 9.87. The average molecular weight is 436 g/mol. The lowest BCUT2D eigenvalue weighted by molar-refractivity contribution is -0.0971. The number of hydrogen-bond donors (Lipinski definition) is 1. The maximum atomic E-state index is 10.8. The Labute approximate surface area is 183 Å². The largest absolute Gasteiger partial charge is 0.376 e. The van der Waals surface area contributed by atoms with Gasteiger partial charge in [-0.3, -0.25) is 4.98 Å². The maximum absolute atomic E-state index is 10.8. The minimum Gasteiger partial charge on any atom is -0.376 e. The fraction of sp³-hybridized carbons (Fsp3) is 0.435. The van der Waals surface area contributed by atoms with Crippen molar-refractivity contribution in [1.29, 1.82) is 0 Å². The molecular weight excluding hydrogens is 409 g/mol. The van der Waals surface area contributed by atoms with Gasteiger partial charge in [-0.05, 0) is 50.0 Å². The molecule has 0 bridgehead atoms. The zero-order valence-corrected chi connectivity index (χ0v) is 18.5. The van der Waals surface area contributed by atoms with E-state index in [4.69, 9.17) is 32.7 Å². The predicted octanol–water partition coefficient (Wildman–Crippen LogP) is 5.76. The van der Waals surface area contributed by atoms with Crippen LogP contribution in [0.15, 0.2) is 36.5 Å². The zero-order valence-electron chi connectivity index (χ0n) is 17.0. The quantitative estimate of drug-likeness (QED) is 0.401. The SMILES string of the molecule is CCCC(c1ccc(Cl)cc1Cl)c1ncccc1C(O)C#CC(OCC)OCC. The van der Waals surface area contributed by atoms with Gasteiger partial charge in [0.05, 0.1) is 5.69 Å². The molecule has 4 nitrogen and oxygen atoms in total. The van der Waals surface area contributed by atoms with E-state index in [9.17, 15) is 5.11 Å². The number of rotatable bonds is 9. The van der Waals surface area contributed by atoms with Gasteiger partial charge in [-0.2, -0.15) is 0 Å². The molecule has 156 valence electrons. The first kappa shape index (κ1) is 23.7. The van der Waals surface area contributed by atoms with Crippen molar-refractivity contribution in [3.8, 4) is 11.8 Å². The maximum Gasteiger partial charge on any atom is 0.222 e. The summed E-state index contributed by atoms with van der Waals surface area (Å²) in [5.41, 5.74) is 2.33. The Morgan fingerprint density at radius 2 is 1.76 bits per heavy atom. The first-order chi connectivity index (χ1) is 14.0. The van der Waals surface area contributed by atoms with Crippen molar-refractivity contribution in [2.45, 2.75) is 51.9 Å². The third-order valence-electron chi connectivity index (χ3n) is 4.39. The molecule has 2 aromatic rings. The molecule has 0 aliphatic heterocycles. The van der Waals surface area contributed by atoms with Gasteiger partial charge in [-0.15, -0.1) is 0 Å². The lowest BCUT2D eigenvalue weighted by Gasteiger charge is -2.21. The molecule has 1 aromatic carbocycles. The molecular formula is C23H27Cl2NO3. The Hall–Kier alpha value is -1.61. The molecule has 0 fully saturated rings. The number of aliphatic hydroxyl groups excluding tert-OH is 1. The minimum absolute atomic E-state index is 0.0769. The molecule has 0 aliphatic rings. The molecule has 29 heavy (non-hydrogen) atoms. The highest BCUT2D eigenvalue weighted by Gasteiger charge is 2.23. The predicted molar refractivity (Wildman–Crippen MR) is 117 cm³/mol. The molecule has 0 radical (unpaired) electrons. The summed E-state index contributed by atoms with van der Waals surface area (Å²) in [5.74, 6) is 5.63. The second-order valence-corrected chi connectivity index (χ2v) is 7.26. The molecule has 0 spiro atoms. The molecule has 1 N–H and O–H groups in total. The molecule has 2 atom stereocenters. The highest BCUT2D eigenvalue weighted by molar-refractivity contribution is 6.35. The summed E-state index contributed by atoms with van der Waals surface area (Å²) in [6.07, 6.45) is 1.78. The average Bonchev–Trinajstić information content (AvgIpc) is 2.71. The monoisotopic (exact) mass is 435 g/mol. The van der Waals surface area contributed by atoms with Crippen molar-refractivity contribution >= 4 is 23.2 Å². The van der Waals surface area contributed by atoms with Crippen LogP contribution in [0.25, 0.3) is 0 Å². The molecule has 6 heteroatoms. The summed E-state index contributed by atoms with van der Waals surface area (Å²) < 4.78 is 10.9. The number of aromatic nitrogens is 1. The van der Waals surface area contributed by atoms with Crippen LogP contribution in [0.4, 0.5) is 0 Å². The van der Waals surface area contributed by atoms with Gasteiger partial charge in [0, 0.05) is 40.9 Å². The number of benzene rings is 1. The van der Waals surface area contributed by atoms with Gasteiger partial charge >= 0.3 is 0 Å². The number of halogens is 2. The van der Waals surface area contributed by atoms with E-state index in [0.717, 1.165) is 24.1 Å². The van der Waals surface area contributed by atoms with Crippen LogP contribution in [-0.2, 0) is 9.47 Å². The second-order valence-electron chi connectivity index (χ2n) is 6.42. The number of aliphatic hydroxyl groups is 1. The van der Waals surface area contributed by atoms with Crippen molar-refractivity contribution in [3.63, 3.8) is 0 Å². The Balaban J connectivity index is 2.41. The van der Waals surface area contributed by atoms with Gasteiger partial charge < -0.3 is 14.6 Å². The van der Waals surface area contributed by atoms with E-state index >= 15 is 0 Å². The third-order valence-corrected chi connectivity index (χ3v) is 4.95. The van der Waals surface area contributed by atoms with Crippen molar-refractivity contribution in [2.75, 3.05) is 13.2 Å². The number of hydrogen-bond acceptors (Lipinski definition) is 4. The Kier molecular flexibility index (Phi) is 9.93. The highest BCUT2D eigenvalue weighted by atomic mass is 35.5. The van der Waals surface area contributed by atoms with Crippen molar-refractivity contribution < 1.29 is 14.6 Å². The molecule has 0 amide bonds. The van der Waals surface area contributed by atoms with Crippen molar-refractivity contribution in [3.05, 3.63) is 63.4 Å². The fourth-order valence-corrected chi connectivity index (χ4v) is 3.66. The fourth-order valence-electron chi connectivity index (χ4n) is 3.12. The summed E-state index contributed by atoms with van der Waals surface area (Å²) in [7, 11) is 0. The number of pyridine rings is 1. The van der Waals surface area contributed by atoms with Gasteiger partial charge in [0.1, 0.15) is 6.10 Å². The van der Waals surface area contributed by atoms with E-state index in [1.54, 1.807) is 18.3 Å². The molecule has 1 aromatic heterocycles. The molecule has 1 heterocycles. The van der Waals surface area contributed by atoms with Crippen LogP contribution in [0.2, 0.25) is 10.0 Å². The number of nitrogens with zero attached hydrogens (tertiary/aromatic N) is 1. The van der Waals surface area contributed by atoms with Gasteiger partial charge in [0.15, 0.2) is 0 Å². The Bertz CT molecular complexity index is 842. The second kappa shape index (κ2) is 12.2. The summed E-state index contributed by atoms with van der Waals surface area (Å²) in [6.45, 7) is 6.79.